The molecule has 0 aliphatic heterocycles. The predicted molar refractivity (Wildman–Crippen MR) is 386 cm³/mol. The normalized spacial score (nSPS) is 14.4. The van der Waals surface area contributed by atoms with Crippen LogP contribution >= 0.6 is 15.6 Å². The van der Waals surface area contributed by atoms with Crippen molar-refractivity contribution >= 4 is 39.5 Å². The van der Waals surface area contributed by atoms with Crippen LogP contribution in [0.25, 0.3) is 0 Å². The van der Waals surface area contributed by atoms with E-state index in [1.807, 2.05) is 0 Å². The van der Waals surface area contributed by atoms with Crippen molar-refractivity contribution in [3.05, 3.63) is 0 Å². The molecule has 0 bridgehead atoms. The quantitative estimate of drug-likeness (QED) is 0.0222. The molecule has 0 heterocycles. The highest BCUT2D eigenvalue weighted by Gasteiger charge is 2.30. The highest BCUT2D eigenvalue weighted by molar-refractivity contribution is 7.47. The molecule has 564 valence electrons. The van der Waals surface area contributed by atoms with Crippen molar-refractivity contribution in [1.82, 2.24) is 0 Å². The summed E-state index contributed by atoms with van der Waals surface area (Å²) in [5, 5.41) is 10.6. The Morgan fingerprint density at radius 3 is 0.747 bits per heavy atom. The van der Waals surface area contributed by atoms with Crippen molar-refractivity contribution in [1.29, 1.82) is 0 Å². The van der Waals surface area contributed by atoms with Crippen LogP contribution < -0.4 is 0 Å². The number of carbonyl (C=O) groups is 4. The van der Waals surface area contributed by atoms with E-state index >= 15 is 0 Å². The zero-order valence-corrected chi connectivity index (χ0v) is 64.1. The Morgan fingerprint density at radius 2 is 0.505 bits per heavy atom. The Bertz CT molecular complexity index is 1870. The fourth-order valence-corrected chi connectivity index (χ4v) is 13.1. The second kappa shape index (κ2) is 65.4. The molecule has 17 nitrogen and oxygen atoms in total. The van der Waals surface area contributed by atoms with Gasteiger partial charge in [-0.3, -0.25) is 37.3 Å². The van der Waals surface area contributed by atoms with Gasteiger partial charge in [0.1, 0.15) is 19.3 Å². The standard InChI is InChI=1S/C76H148O17P2/c1-9-69(8)55-47-39-34-35-41-49-57-74(79)87-63-72(93-76(81)59-51-43-33-27-26-30-38-46-54-68(6)7)65-91-95(84,85)89-61-70(77)60-88-94(82,83)90-64-71(62-86-73(78)56-48-40-31-24-20-17-16-19-23-29-37-45-53-67(4)5)92-75(80)58-50-42-32-25-21-15-13-11-10-12-14-18-22-28-36-44-52-66(2)3/h66-72,77H,9-65H2,1-8H3,(H,82,83)(H,84,85)/t69?,70-,71-,72-/m1/s1. The number of aliphatic hydroxyl groups is 1. The van der Waals surface area contributed by atoms with Crippen LogP contribution in [0.1, 0.15) is 383 Å². The Morgan fingerprint density at radius 1 is 0.295 bits per heavy atom. The zero-order valence-electron chi connectivity index (χ0n) is 62.3. The SMILES string of the molecule is CCC(C)CCCCCCCCC(=O)OC[C@H](COP(=O)(O)OC[C@H](O)COP(=O)(O)OC[C@@H](COC(=O)CCCCCCCCCCCCCCC(C)C)OC(=O)CCCCCCCCCCCCCCCCCCC(C)C)OC(=O)CCCCCCCCCCC(C)C. The number of phosphoric acid groups is 2. The van der Waals surface area contributed by atoms with Crippen molar-refractivity contribution in [2.45, 2.75) is 401 Å². The van der Waals surface area contributed by atoms with Crippen LogP contribution in [0.5, 0.6) is 0 Å². The maximum absolute atomic E-state index is 13.1. The molecule has 6 atom stereocenters. The number of rotatable bonds is 73. The average molecular weight is 1400 g/mol. The third-order valence-corrected chi connectivity index (χ3v) is 19.8. The third-order valence-electron chi connectivity index (χ3n) is 17.9. The lowest BCUT2D eigenvalue weighted by atomic mass is 10.00. The van der Waals surface area contributed by atoms with E-state index in [2.05, 4.69) is 55.4 Å². The van der Waals surface area contributed by atoms with E-state index in [0.717, 1.165) is 120 Å². The van der Waals surface area contributed by atoms with Gasteiger partial charge in [0, 0.05) is 25.7 Å². The van der Waals surface area contributed by atoms with Gasteiger partial charge in [0.15, 0.2) is 12.2 Å². The van der Waals surface area contributed by atoms with Crippen LogP contribution in [0.2, 0.25) is 0 Å². The number of unbranched alkanes of at least 4 members (excludes halogenated alkanes) is 38. The van der Waals surface area contributed by atoms with Crippen molar-refractivity contribution < 1.29 is 80.2 Å². The molecule has 3 unspecified atom stereocenters. The number of aliphatic hydroxyl groups excluding tert-OH is 1. The number of hydrogen-bond donors (Lipinski definition) is 3. The van der Waals surface area contributed by atoms with E-state index < -0.39 is 97.5 Å². The van der Waals surface area contributed by atoms with Crippen LogP contribution in [0.3, 0.4) is 0 Å². The molecule has 0 amide bonds. The van der Waals surface area contributed by atoms with Gasteiger partial charge in [-0.15, -0.1) is 0 Å². The zero-order chi connectivity index (χ0) is 70.3. The minimum atomic E-state index is -4.96. The van der Waals surface area contributed by atoms with Crippen molar-refractivity contribution in [3.63, 3.8) is 0 Å². The second-order valence-electron chi connectivity index (χ2n) is 29.1. The first-order chi connectivity index (χ1) is 45.6. The fourth-order valence-electron chi connectivity index (χ4n) is 11.5. The molecular weight excluding hydrogens is 1250 g/mol. The van der Waals surface area contributed by atoms with E-state index in [4.69, 9.17) is 37.0 Å². The van der Waals surface area contributed by atoms with Crippen LogP contribution in [-0.2, 0) is 65.4 Å². The van der Waals surface area contributed by atoms with Crippen LogP contribution in [-0.4, -0.2) is 96.7 Å². The summed E-state index contributed by atoms with van der Waals surface area (Å²) in [5.74, 6) is 0.917. The van der Waals surface area contributed by atoms with Crippen LogP contribution in [0.15, 0.2) is 0 Å². The summed E-state index contributed by atoms with van der Waals surface area (Å²) in [7, 11) is -9.91. The lowest BCUT2D eigenvalue weighted by Crippen LogP contribution is -2.30. The van der Waals surface area contributed by atoms with E-state index in [1.54, 1.807) is 0 Å². The van der Waals surface area contributed by atoms with Crippen molar-refractivity contribution in [2.75, 3.05) is 39.6 Å². The summed E-state index contributed by atoms with van der Waals surface area (Å²) >= 11 is 0. The molecule has 0 aromatic heterocycles. The smallest absolute Gasteiger partial charge is 0.462 e. The summed E-state index contributed by atoms with van der Waals surface area (Å²) in [6.07, 6.45) is 50.1. The number of ether oxygens (including phenoxy) is 4. The molecule has 0 rings (SSSR count). The monoisotopic (exact) mass is 1400 g/mol. The molecule has 0 spiro atoms. The van der Waals surface area contributed by atoms with Gasteiger partial charge < -0.3 is 33.8 Å². The molecule has 95 heavy (non-hydrogen) atoms. The fraction of sp³-hybridized carbons (Fsp3) is 0.947. The molecule has 0 aliphatic rings. The minimum Gasteiger partial charge on any atom is -0.462 e. The molecule has 0 fully saturated rings. The summed E-state index contributed by atoms with van der Waals surface area (Å²) < 4.78 is 68.5. The van der Waals surface area contributed by atoms with E-state index in [0.29, 0.717) is 25.7 Å². The van der Waals surface area contributed by atoms with Gasteiger partial charge in [-0.05, 0) is 49.4 Å². The molecule has 3 N–H and O–H groups in total. The average Bonchev–Trinajstić information content (AvgIpc) is 2.28. The third kappa shape index (κ3) is 69.0. The Hall–Kier alpha value is -1.94. The predicted octanol–water partition coefficient (Wildman–Crippen LogP) is 22.0. The Kier molecular flexibility index (Phi) is 64.0. The highest BCUT2D eigenvalue weighted by atomic mass is 31.2. The minimum absolute atomic E-state index is 0.103. The lowest BCUT2D eigenvalue weighted by Gasteiger charge is -2.21. The van der Waals surface area contributed by atoms with Crippen molar-refractivity contribution in [2.24, 2.45) is 23.7 Å². The Balaban J connectivity index is 5.24. The number of hydrogen-bond acceptors (Lipinski definition) is 15. The molecular formula is C76H148O17P2. The van der Waals surface area contributed by atoms with E-state index in [-0.39, 0.29) is 25.7 Å². The molecule has 19 heteroatoms. The van der Waals surface area contributed by atoms with Crippen molar-refractivity contribution in [3.8, 4) is 0 Å². The highest BCUT2D eigenvalue weighted by Crippen LogP contribution is 2.45. The first kappa shape index (κ1) is 93.1. The van der Waals surface area contributed by atoms with E-state index in [9.17, 15) is 43.2 Å². The van der Waals surface area contributed by atoms with Gasteiger partial charge in [0.25, 0.3) is 0 Å². The van der Waals surface area contributed by atoms with Gasteiger partial charge >= 0.3 is 39.5 Å². The number of carbonyl (C=O) groups excluding carboxylic acids is 4. The van der Waals surface area contributed by atoms with E-state index in [1.165, 1.54) is 180 Å². The number of phosphoric ester groups is 2. The molecule has 0 saturated heterocycles. The molecule has 0 aromatic carbocycles. The van der Waals surface area contributed by atoms with Gasteiger partial charge in [-0.2, -0.15) is 0 Å². The summed E-state index contributed by atoms with van der Waals surface area (Å²) in [5.41, 5.74) is 0. The molecule has 0 radical (unpaired) electrons. The van der Waals surface area contributed by atoms with Gasteiger partial charge in [0.2, 0.25) is 0 Å². The second-order valence-corrected chi connectivity index (χ2v) is 32.0. The molecule has 0 saturated carbocycles. The molecule has 0 aromatic rings. The maximum atomic E-state index is 13.1. The summed E-state index contributed by atoms with van der Waals surface area (Å²) in [6.45, 7) is 14.2. The summed E-state index contributed by atoms with van der Waals surface area (Å²) in [4.78, 5) is 72.8. The van der Waals surface area contributed by atoms with Gasteiger partial charge in [-0.25, -0.2) is 9.13 Å². The topological polar surface area (TPSA) is 237 Å². The largest absolute Gasteiger partial charge is 0.472 e. The first-order valence-corrected chi connectivity index (χ1v) is 42.2. The maximum Gasteiger partial charge on any atom is 0.472 e. The lowest BCUT2D eigenvalue weighted by molar-refractivity contribution is -0.161. The summed E-state index contributed by atoms with van der Waals surface area (Å²) in [6, 6.07) is 0. The van der Waals surface area contributed by atoms with Crippen LogP contribution in [0, 0.1) is 23.7 Å². The first-order valence-electron chi connectivity index (χ1n) is 39.2. The number of esters is 4. The van der Waals surface area contributed by atoms with Gasteiger partial charge in [0.05, 0.1) is 26.4 Å². The van der Waals surface area contributed by atoms with Crippen LogP contribution in [0.4, 0.5) is 0 Å². The molecule has 0 aliphatic carbocycles. The van der Waals surface area contributed by atoms with Gasteiger partial charge in [-0.1, -0.05) is 331 Å². The Labute approximate surface area is 581 Å².